The lowest BCUT2D eigenvalue weighted by Crippen LogP contribution is -2.49. The van der Waals surface area contributed by atoms with Crippen molar-refractivity contribution in [2.24, 2.45) is 34.5 Å². The van der Waals surface area contributed by atoms with E-state index in [0.717, 1.165) is 50.5 Å². The molecule has 0 aliphatic heterocycles. The van der Waals surface area contributed by atoms with Gasteiger partial charge in [0.2, 0.25) is 0 Å². The van der Waals surface area contributed by atoms with Crippen LogP contribution in [0.3, 0.4) is 0 Å². The van der Waals surface area contributed by atoms with Crippen molar-refractivity contribution in [3.8, 4) is 0 Å². The molecule has 3 fully saturated rings. The molecule has 7 atom stereocenters. The van der Waals surface area contributed by atoms with E-state index in [0.29, 0.717) is 43.7 Å². The second kappa shape index (κ2) is 9.75. The third-order valence-electron chi connectivity index (χ3n) is 10.1. The Morgan fingerprint density at radius 1 is 1.15 bits per heavy atom. The zero-order valence-electron chi connectivity index (χ0n) is 21.4. The molecule has 0 radical (unpaired) electrons. The first-order valence-electron chi connectivity index (χ1n) is 13.3. The molecule has 0 saturated heterocycles. The number of carbonyl (C=O) groups excluding carboxylic acids is 2. The van der Waals surface area contributed by atoms with E-state index >= 15 is 0 Å². The summed E-state index contributed by atoms with van der Waals surface area (Å²) < 4.78 is 11.1. The summed E-state index contributed by atoms with van der Waals surface area (Å²) in [4.78, 5) is 35.5. The first-order valence-corrected chi connectivity index (χ1v) is 13.3. The van der Waals surface area contributed by atoms with Crippen LogP contribution >= 0.6 is 0 Å². The monoisotopic (exact) mass is 474 g/mol. The number of fused-ring (bicyclic) bond motifs is 4. The molecule has 0 aromatic carbocycles. The van der Waals surface area contributed by atoms with Crippen LogP contribution in [-0.2, 0) is 23.9 Å². The Hall–Kier alpha value is -1.69. The van der Waals surface area contributed by atoms with Crippen LogP contribution in [-0.4, -0.2) is 42.1 Å². The van der Waals surface area contributed by atoms with Gasteiger partial charge in [0.25, 0.3) is 0 Å². The van der Waals surface area contributed by atoms with Crippen molar-refractivity contribution in [3.05, 3.63) is 11.1 Å². The number of hydrogen-bond donors (Lipinski definition) is 1. The molecule has 0 bridgehead atoms. The molecule has 0 amide bonds. The summed E-state index contributed by atoms with van der Waals surface area (Å²) in [6.07, 6.45) is 9.11. The molecule has 34 heavy (non-hydrogen) atoms. The fourth-order valence-electron chi connectivity index (χ4n) is 8.26. The average Bonchev–Trinajstić information content (AvgIpc) is 3.05. The smallest absolute Gasteiger partial charge is 0.303 e. The van der Waals surface area contributed by atoms with E-state index in [2.05, 4.69) is 20.8 Å². The normalized spacial score (nSPS) is 38.1. The third-order valence-corrected chi connectivity index (χ3v) is 10.1. The van der Waals surface area contributed by atoms with E-state index in [1.54, 1.807) is 0 Å². The van der Waals surface area contributed by atoms with Crippen LogP contribution in [0.5, 0.6) is 0 Å². The molecular weight excluding hydrogens is 432 g/mol. The zero-order chi connectivity index (χ0) is 24.7. The Labute approximate surface area is 203 Å². The van der Waals surface area contributed by atoms with E-state index < -0.39 is 5.97 Å². The van der Waals surface area contributed by atoms with Gasteiger partial charge in [-0.2, -0.15) is 0 Å². The molecule has 0 spiro atoms. The second-order valence-corrected chi connectivity index (χ2v) is 11.9. The Morgan fingerprint density at radius 2 is 1.91 bits per heavy atom. The summed E-state index contributed by atoms with van der Waals surface area (Å²) in [7, 11) is 0. The van der Waals surface area contributed by atoms with Crippen molar-refractivity contribution in [2.45, 2.75) is 98.0 Å². The van der Waals surface area contributed by atoms with Gasteiger partial charge >= 0.3 is 11.9 Å². The lowest BCUT2D eigenvalue weighted by Gasteiger charge is -2.56. The van der Waals surface area contributed by atoms with Gasteiger partial charge in [0.05, 0.1) is 12.7 Å². The van der Waals surface area contributed by atoms with Crippen molar-refractivity contribution >= 4 is 17.7 Å². The van der Waals surface area contributed by atoms with Gasteiger partial charge in [-0.25, -0.2) is 0 Å². The largest absolute Gasteiger partial charge is 0.481 e. The minimum absolute atomic E-state index is 0.0962. The third kappa shape index (κ3) is 4.59. The predicted octanol–water partition coefficient (Wildman–Crippen LogP) is 5.34. The number of rotatable bonds is 8. The average molecular weight is 475 g/mol. The lowest BCUT2D eigenvalue weighted by molar-refractivity contribution is -0.144. The SMILES string of the molecule is CC(=O)OCCO[C@H]1CC[C@@]2(C)[C@@H](CCC3=C4C(=O)C[C@H]([C@H](C)CCC(=O)O)[C@@]4(C)CC[C@@H]32)C1. The van der Waals surface area contributed by atoms with Gasteiger partial charge in [-0.15, -0.1) is 0 Å². The minimum Gasteiger partial charge on any atom is -0.481 e. The van der Waals surface area contributed by atoms with Crippen LogP contribution in [0.2, 0.25) is 0 Å². The quantitative estimate of drug-likeness (QED) is 0.377. The van der Waals surface area contributed by atoms with E-state index in [4.69, 9.17) is 14.6 Å². The number of hydrogen-bond acceptors (Lipinski definition) is 5. The molecule has 4 aliphatic carbocycles. The zero-order valence-corrected chi connectivity index (χ0v) is 21.4. The summed E-state index contributed by atoms with van der Waals surface area (Å²) in [5.41, 5.74) is 2.70. The van der Waals surface area contributed by atoms with Gasteiger partial charge in [0, 0.05) is 25.3 Å². The van der Waals surface area contributed by atoms with E-state index in [1.165, 1.54) is 12.5 Å². The second-order valence-electron chi connectivity index (χ2n) is 11.9. The minimum atomic E-state index is -0.749. The molecule has 0 unspecified atom stereocenters. The van der Waals surface area contributed by atoms with Gasteiger partial charge in [-0.1, -0.05) is 26.3 Å². The van der Waals surface area contributed by atoms with Crippen LogP contribution in [0.25, 0.3) is 0 Å². The molecule has 190 valence electrons. The number of allylic oxidation sites excluding steroid dienone is 2. The molecule has 4 rings (SSSR count). The van der Waals surface area contributed by atoms with Crippen molar-refractivity contribution < 1.29 is 29.0 Å². The molecule has 3 saturated carbocycles. The van der Waals surface area contributed by atoms with Gasteiger partial charge in [-0.3, -0.25) is 14.4 Å². The van der Waals surface area contributed by atoms with Crippen molar-refractivity contribution in [1.82, 2.24) is 0 Å². The van der Waals surface area contributed by atoms with Crippen molar-refractivity contribution in [1.29, 1.82) is 0 Å². The fourth-order valence-corrected chi connectivity index (χ4v) is 8.26. The topological polar surface area (TPSA) is 89.9 Å². The number of Topliss-reactive ketones (excluding diaryl/α,β-unsaturated/α-hetero) is 1. The Kier molecular flexibility index (Phi) is 7.29. The number of carbonyl (C=O) groups is 3. The molecule has 1 N–H and O–H groups in total. The van der Waals surface area contributed by atoms with E-state index in [1.807, 2.05) is 0 Å². The summed E-state index contributed by atoms with van der Waals surface area (Å²) in [6, 6.07) is 0. The predicted molar refractivity (Wildman–Crippen MR) is 128 cm³/mol. The van der Waals surface area contributed by atoms with Crippen LogP contribution < -0.4 is 0 Å². The molecule has 6 heteroatoms. The lowest BCUT2D eigenvalue weighted by atomic mass is 9.48. The maximum atomic E-state index is 13.4. The van der Waals surface area contributed by atoms with Crippen LogP contribution in [0, 0.1) is 34.5 Å². The van der Waals surface area contributed by atoms with E-state index in [-0.39, 0.29) is 41.2 Å². The molecule has 0 aromatic rings. The first-order chi connectivity index (χ1) is 16.1. The Morgan fingerprint density at radius 3 is 2.62 bits per heavy atom. The van der Waals surface area contributed by atoms with Gasteiger partial charge < -0.3 is 14.6 Å². The highest BCUT2D eigenvalue weighted by Gasteiger charge is 2.58. The maximum Gasteiger partial charge on any atom is 0.303 e. The molecule has 0 heterocycles. The number of aliphatic carboxylic acids is 1. The van der Waals surface area contributed by atoms with Crippen molar-refractivity contribution in [3.63, 3.8) is 0 Å². The fraction of sp³-hybridized carbons (Fsp3) is 0.821. The number of carboxylic acid groups (broad SMARTS) is 1. The van der Waals surface area contributed by atoms with Gasteiger partial charge in [-0.05, 0) is 85.9 Å². The highest BCUT2D eigenvalue weighted by atomic mass is 16.6. The summed E-state index contributed by atoms with van der Waals surface area (Å²) in [6.45, 7) is 9.09. The van der Waals surface area contributed by atoms with Gasteiger partial charge in [0.15, 0.2) is 5.78 Å². The number of carboxylic acids is 1. The molecule has 4 aliphatic rings. The number of esters is 1. The summed E-state index contributed by atoms with van der Waals surface area (Å²) in [5, 5.41) is 9.14. The molecular formula is C28H42O6. The Balaban J connectivity index is 1.48. The first kappa shape index (κ1) is 25.4. The van der Waals surface area contributed by atoms with Gasteiger partial charge in [0.1, 0.15) is 6.61 Å². The highest BCUT2D eigenvalue weighted by Crippen LogP contribution is 2.65. The summed E-state index contributed by atoms with van der Waals surface area (Å²) >= 11 is 0. The number of ether oxygens (including phenoxy) is 2. The maximum absolute atomic E-state index is 13.4. The van der Waals surface area contributed by atoms with Crippen LogP contribution in [0.4, 0.5) is 0 Å². The van der Waals surface area contributed by atoms with Crippen LogP contribution in [0.15, 0.2) is 11.1 Å². The van der Waals surface area contributed by atoms with E-state index in [9.17, 15) is 14.4 Å². The summed E-state index contributed by atoms with van der Waals surface area (Å²) in [5.74, 6) is 0.895. The highest BCUT2D eigenvalue weighted by molar-refractivity contribution is 6.00. The standard InChI is InChI=1S/C28H42O6/c1-17(5-8-25(31)32)23-16-24(30)26-21-7-6-19-15-20(34-14-13-33-18(2)29)9-11-27(19,3)22(21)10-12-28(23,26)4/h17,19-20,22-23H,5-16H2,1-4H3,(H,31,32)/t17-,19+,20+,22+,23-,27+,28-/m1/s1. The molecule has 6 nitrogen and oxygen atoms in total. The molecule has 0 aromatic heterocycles. The number of ketones is 1. The Bertz CT molecular complexity index is 861. The van der Waals surface area contributed by atoms with Crippen LogP contribution in [0.1, 0.15) is 91.9 Å². The van der Waals surface area contributed by atoms with Crippen molar-refractivity contribution in [2.75, 3.05) is 13.2 Å².